The molecule has 1 heterocycles. The van der Waals surface area contributed by atoms with Crippen LogP contribution in [0.2, 0.25) is 0 Å². The maximum Gasteiger partial charge on any atom is 0.408 e. The summed E-state index contributed by atoms with van der Waals surface area (Å²) in [6.07, 6.45) is -0.641. The SMILES string of the molecule is CC(C)(C)OC(=O)N[C@@H](CC(=O)OCc1ccccc1)C(=O)N1[C@@H](CO)CC[C@@H]1C(=O)NCc1ccccc1. The molecule has 1 aliphatic heterocycles. The number of alkyl carbamates (subject to hydrolysis) is 1. The number of nitrogens with zero attached hydrogens (tertiary/aromatic N) is 1. The monoisotopic (exact) mass is 539 g/mol. The Hall–Kier alpha value is -3.92. The van der Waals surface area contributed by atoms with E-state index < -0.39 is 48.1 Å². The van der Waals surface area contributed by atoms with Crippen LogP contribution in [0.15, 0.2) is 60.7 Å². The van der Waals surface area contributed by atoms with Crippen molar-refractivity contribution in [3.63, 3.8) is 0 Å². The van der Waals surface area contributed by atoms with Crippen LogP contribution in [0.3, 0.4) is 0 Å². The third-order valence-electron chi connectivity index (χ3n) is 6.18. The van der Waals surface area contributed by atoms with Gasteiger partial charge in [0.2, 0.25) is 11.8 Å². The molecule has 3 atom stereocenters. The molecular weight excluding hydrogens is 502 g/mol. The maximum absolute atomic E-state index is 13.8. The van der Waals surface area contributed by atoms with E-state index in [9.17, 15) is 24.3 Å². The predicted molar refractivity (Wildman–Crippen MR) is 143 cm³/mol. The number of hydrogen-bond donors (Lipinski definition) is 3. The zero-order valence-electron chi connectivity index (χ0n) is 22.6. The molecule has 210 valence electrons. The highest BCUT2D eigenvalue weighted by Crippen LogP contribution is 2.26. The first-order chi connectivity index (χ1) is 18.6. The van der Waals surface area contributed by atoms with Gasteiger partial charge in [0.25, 0.3) is 0 Å². The molecule has 1 saturated heterocycles. The topological polar surface area (TPSA) is 134 Å². The van der Waals surface area contributed by atoms with Gasteiger partial charge in [-0.25, -0.2) is 4.79 Å². The van der Waals surface area contributed by atoms with Crippen LogP contribution < -0.4 is 10.6 Å². The van der Waals surface area contributed by atoms with Gasteiger partial charge in [0, 0.05) is 6.54 Å². The summed E-state index contributed by atoms with van der Waals surface area (Å²) in [5.74, 6) is -1.77. The van der Waals surface area contributed by atoms with E-state index >= 15 is 0 Å². The van der Waals surface area contributed by atoms with Crippen molar-refractivity contribution in [2.75, 3.05) is 6.61 Å². The minimum absolute atomic E-state index is 0.000513. The van der Waals surface area contributed by atoms with Crippen molar-refractivity contribution < 1.29 is 33.8 Å². The van der Waals surface area contributed by atoms with Crippen LogP contribution >= 0.6 is 0 Å². The number of benzene rings is 2. The minimum Gasteiger partial charge on any atom is -0.461 e. The molecule has 2 aromatic rings. The molecule has 3 rings (SSSR count). The summed E-state index contributed by atoms with van der Waals surface area (Å²) >= 11 is 0. The van der Waals surface area contributed by atoms with Crippen LogP contribution in [-0.4, -0.2) is 64.2 Å². The van der Waals surface area contributed by atoms with Crippen LogP contribution in [-0.2, 0) is 37.0 Å². The molecule has 0 spiro atoms. The number of hydrogen-bond acceptors (Lipinski definition) is 7. The van der Waals surface area contributed by atoms with Crippen LogP contribution in [0.5, 0.6) is 0 Å². The molecule has 0 aromatic heterocycles. The van der Waals surface area contributed by atoms with E-state index in [0.717, 1.165) is 11.1 Å². The lowest BCUT2D eigenvalue weighted by molar-refractivity contribution is -0.150. The molecule has 0 unspecified atom stereocenters. The standard InChI is InChI=1S/C29H37N3O7/c1-29(2,3)39-28(37)31-23(16-25(34)38-19-21-12-8-5-9-13-21)27(36)32-22(18-33)14-15-24(32)26(35)30-17-20-10-6-4-7-11-20/h4-13,22-24,33H,14-19H2,1-3H3,(H,30,35)(H,31,37)/t22-,23+,24-/m1/s1. The van der Waals surface area contributed by atoms with Crippen molar-refractivity contribution >= 4 is 23.9 Å². The van der Waals surface area contributed by atoms with Gasteiger partial charge >= 0.3 is 12.1 Å². The fourth-order valence-corrected chi connectivity index (χ4v) is 4.35. The first kappa shape index (κ1) is 29.6. The molecule has 0 bridgehead atoms. The summed E-state index contributed by atoms with van der Waals surface area (Å²) in [5.41, 5.74) is 0.821. The minimum atomic E-state index is -1.36. The van der Waals surface area contributed by atoms with Crippen molar-refractivity contribution in [1.82, 2.24) is 15.5 Å². The van der Waals surface area contributed by atoms with E-state index in [1.807, 2.05) is 48.5 Å². The average molecular weight is 540 g/mol. The Morgan fingerprint density at radius 1 is 0.974 bits per heavy atom. The lowest BCUT2D eigenvalue weighted by Crippen LogP contribution is -2.57. The highest BCUT2D eigenvalue weighted by Gasteiger charge is 2.44. The van der Waals surface area contributed by atoms with Gasteiger partial charge in [-0.05, 0) is 44.7 Å². The number of aliphatic hydroxyl groups is 1. The summed E-state index contributed by atoms with van der Waals surface area (Å²) < 4.78 is 10.6. The van der Waals surface area contributed by atoms with Crippen molar-refractivity contribution in [3.8, 4) is 0 Å². The number of esters is 1. The van der Waals surface area contributed by atoms with Gasteiger partial charge in [-0.3, -0.25) is 14.4 Å². The van der Waals surface area contributed by atoms with Crippen LogP contribution in [0.1, 0.15) is 51.2 Å². The number of rotatable bonds is 10. The average Bonchev–Trinajstić information content (AvgIpc) is 3.34. The molecule has 1 aliphatic rings. The van der Waals surface area contributed by atoms with E-state index in [1.54, 1.807) is 32.9 Å². The Kier molecular flexibility index (Phi) is 10.4. The Morgan fingerprint density at radius 3 is 2.18 bits per heavy atom. The molecule has 0 aliphatic carbocycles. The zero-order chi connectivity index (χ0) is 28.4. The lowest BCUT2D eigenvalue weighted by atomic mass is 10.1. The smallest absolute Gasteiger partial charge is 0.408 e. The second-order valence-corrected chi connectivity index (χ2v) is 10.4. The molecule has 39 heavy (non-hydrogen) atoms. The molecule has 10 heteroatoms. The molecule has 10 nitrogen and oxygen atoms in total. The van der Waals surface area contributed by atoms with Gasteiger partial charge in [0.15, 0.2) is 0 Å². The van der Waals surface area contributed by atoms with Gasteiger partial charge < -0.3 is 30.1 Å². The van der Waals surface area contributed by atoms with Gasteiger partial charge in [0.05, 0.1) is 19.1 Å². The molecule has 0 saturated carbocycles. The molecule has 1 fully saturated rings. The summed E-state index contributed by atoms with van der Waals surface area (Å²) in [5, 5.41) is 15.3. The van der Waals surface area contributed by atoms with Gasteiger partial charge in [0.1, 0.15) is 24.3 Å². The first-order valence-corrected chi connectivity index (χ1v) is 13.0. The lowest BCUT2D eigenvalue weighted by Gasteiger charge is -2.32. The normalized spacial score (nSPS) is 17.7. The zero-order valence-corrected chi connectivity index (χ0v) is 22.6. The van der Waals surface area contributed by atoms with E-state index in [2.05, 4.69) is 10.6 Å². The summed E-state index contributed by atoms with van der Waals surface area (Å²) in [4.78, 5) is 53.5. The quantitative estimate of drug-likeness (QED) is 0.395. The third kappa shape index (κ3) is 9.10. The van der Waals surface area contributed by atoms with E-state index in [4.69, 9.17) is 9.47 Å². The Labute approximate surface area is 228 Å². The fraction of sp³-hybridized carbons (Fsp3) is 0.448. The Balaban J connectivity index is 1.75. The maximum atomic E-state index is 13.8. The number of ether oxygens (including phenoxy) is 2. The number of amides is 3. The second-order valence-electron chi connectivity index (χ2n) is 10.4. The van der Waals surface area contributed by atoms with E-state index in [0.29, 0.717) is 12.8 Å². The van der Waals surface area contributed by atoms with Gasteiger partial charge in [-0.15, -0.1) is 0 Å². The van der Waals surface area contributed by atoms with Crippen molar-refractivity contribution in [3.05, 3.63) is 71.8 Å². The fourth-order valence-electron chi connectivity index (χ4n) is 4.35. The molecule has 3 N–H and O–H groups in total. The number of aliphatic hydroxyl groups excluding tert-OH is 1. The second kappa shape index (κ2) is 13.7. The molecular formula is C29H37N3O7. The van der Waals surface area contributed by atoms with Crippen molar-refractivity contribution in [2.45, 2.75) is 76.9 Å². The largest absolute Gasteiger partial charge is 0.461 e. The summed E-state index contributed by atoms with van der Waals surface area (Å²) in [7, 11) is 0. The molecule has 2 aromatic carbocycles. The highest BCUT2D eigenvalue weighted by atomic mass is 16.6. The summed E-state index contributed by atoms with van der Waals surface area (Å²) in [6, 6.07) is 15.5. The van der Waals surface area contributed by atoms with Gasteiger partial charge in [-0.2, -0.15) is 0 Å². The highest BCUT2D eigenvalue weighted by molar-refractivity contribution is 5.94. The van der Waals surface area contributed by atoms with E-state index in [-0.39, 0.29) is 25.7 Å². The third-order valence-corrected chi connectivity index (χ3v) is 6.18. The number of carbonyl (C=O) groups excluding carboxylic acids is 4. The van der Waals surface area contributed by atoms with Crippen LogP contribution in [0, 0.1) is 0 Å². The van der Waals surface area contributed by atoms with Crippen molar-refractivity contribution in [2.24, 2.45) is 0 Å². The molecule has 3 amide bonds. The van der Waals surface area contributed by atoms with Gasteiger partial charge in [-0.1, -0.05) is 60.7 Å². The number of likely N-dealkylation sites (tertiary alicyclic amines) is 1. The van der Waals surface area contributed by atoms with Crippen molar-refractivity contribution in [1.29, 1.82) is 0 Å². The number of nitrogens with one attached hydrogen (secondary N) is 2. The van der Waals surface area contributed by atoms with E-state index in [1.165, 1.54) is 4.90 Å². The molecule has 0 radical (unpaired) electrons. The predicted octanol–water partition coefficient (Wildman–Crippen LogP) is 2.68. The Morgan fingerprint density at radius 2 is 1.59 bits per heavy atom. The summed E-state index contributed by atoms with van der Waals surface area (Å²) in [6.45, 7) is 4.92. The Bertz CT molecular complexity index is 1120. The first-order valence-electron chi connectivity index (χ1n) is 13.0. The number of carbonyl (C=O) groups is 4. The van der Waals surface area contributed by atoms with Crippen LogP contribution in [0.25, 0.3) is 0 Å². The van der Waals surface area contributed by atoms with Crippen LogP contribution in [0.4, 0.5) is 4.79 Å².